The predicted octanol–water partition coefficient (Wildman–Crippen LogP) is 3.28. The van der Waals surface area contributed by atoms with E-state index in [0.29, 0.717) is 5.52 Å². The fourth-order valence-electron chi connectivity index (χ4n) is 3.34. The fourth-order valence-corrected chi connectivity index (χ4v) is 3.60. The van der Waals surface area contributed by atoms with E-state index in [1.807, 2.05) is 38.1 Å². The van der Waals surface area contributed by atoms with Crippen LogP contribution < -0.4 is 16.0 Å². The van der Waals surface area contributed by atoms with Crippen molar-refractivity contribution in [2.24, 2.45) is 0 Å². The van der Waals surface area contributed by atoms with E-state index in [9.17, 15) is 14.0 Å². The van der Waals surface area contributed by atoms with Gasteiger partial charge in [-0.1, -0.05) is 28.1 Å². The molecule has 0 N–H and O–H groups in total. The van der Waals surface area contributed by atoms with E-state index >= 15 is 0 Å². The zero-order valence-electron chi connectivity index (χ0n) is 14.3. The summed E-state index contributed by atoms with van der Waals surface area (Å²) in [6, 6.07) is 9.74. The minimum Gasteiger partial charge on any atom is -0.484 e. The van der Waals surface area contributed by atoms with Gasteiger partial charge in [-0.15, -0.1) is 0 Å². The Morgan fingerprint density at radius 3 is 2.58 bits per heavy atom. The highest BCUT2D eigenvalue weighted by Crippen LogP contribution is 2.32. The van der Waals surface area contributed by atoms with Crippen LogP contribution in [0.1, 0.15) is 19.4 Å². The minimum atomic E-state index is -0.683. The van der Waals surface area contributed by atoms with Crippen molar-refractivity contribution in [3.8, 4) is 5.75 Å². The van der Waals surface area contributed by atoms with Gasteiger partial charge >= 0.3 is 5.69 Å². The molecule has 1 aromatic heterocycles. The molecular weight excluding hydrogens is 403 g/mol. The maximum atomic E-state index is 14.1. The first-order chi connectivity index (χ1) is 12.2. The summed E-state index contributed by atoms with van der Waals surface area (Å²) in [6.07, 6.45) is 0. The molecule has 2 aromatic carbocycles. The number of ether oxygens (including phenoxy) is 1. The van der Waals surface area contributed by atoms with Gasteiger partial charge in [0.05, 0.1) is 18.5 Å². The van der Waals surface area contributed by atoms with Crippen LogP contribution in [0.2, 0.25) is 0 Å². The van der Waals surface area contributed by atoms with Crippen molar-refractivity contribution < 1.29 is 9.13 Å². The Labute approximate surface area is 156 Å². The number of hydrogen-bond donors (Lipinski definition) is 0. The molecule has 1 aliphatic heterocycles. The van der Waals surface area contributed by atoms with Crippen LogP contribution in [0.15, 0.2) is 50.5 Å². The van der Waals surface area contributed by atoms with Gasteiger partial charge in [0.25, 0.3) is 5.56 Å². The Bertz CT molecular complexity index is 1150. The van der Waals surface area contributed by atoms with Gasteiger partial charge in [0.1, 0.15) is 22.7 Å². The third-order valence-electron chi connectivity index (χ3n) is 4.43. The number of halogens is 2. The van der Waals surface area contributed by atoms with Crippen molar-refractivity contribution in [3.63, 3.8) is 0 Å². The molecule has 0 radical (unpaired) electrons. The molecular formula is C19H16BrFN2O3. The smallest absolute Gasteiger partial charge is 0.332 e. The lowest BCUT2D eigenvalue weighted by atomic mass is 10.1. The maximum absolute atomic E-state index is 14.1. The first kappa shape index (κ1) is 17.0. The second kappa shape index (κ2) is 5.81. The molecule has 2 heterocycles. The van der Waals surface area contributed by atoms with Crippen molar-refractivity contribution in [1.82, 2.24) is 9.13 Å². The highest BCUT2D eigenvalue weighted by molar-refractivity contribution is 9.10. The Hall–Kier alpha value is -2.41. The molecule has 26 heavy (non-hydrogen) atoms. The molecule has 1 aliphatic rings. The number of aromatic nitrogens is 2. The topological polar surface area (TPSA) is 53.2 Å². The van der Waals surface area contributed by atoms with Crippen molar-refractivity contribution in [2.45, 2.75) is 32.5 Å². The molecule has 4 rings (SSSR count). The van der Waals surface area contributed by atoms with Crippen LogP contribution in [0.5, 0.6) is 5.75 Å². The minimum absolute atomic E-state index is 0.119. The zero-order chi connectivity index (χ0) is 18.6. The lowest BCUT2D eigenvalue weighted by Crippen LogP contribution is -2.47. The summed E-state index contributed by atoms with van der Waals surface area (Å²) in [7, 11) is 0. The van der Waals surface area contributed by atoms with Crippen LogP contribution in [-0.2, 0) is 13.1 Å². The zero-order valence-corrected chi connectivity index (χ0v) is 15.8. The van der Waals surface area contributed by atoms with Crippen molar-refractivity contribution in [1.29, 1.82) is 0 Å². The average molecular weight is 419 g/mol. The molecule has 0 fully saturated rings. The number of hydrogen-bond acceptors (Lipinski definition) is 3. The summed E-state index contributed by atoms with van der Waals surface area (Å²) < 4.78 is 23.4. The van der Waals surface area contributed by atoms with Crippen molar-refractivity contribution in [2.75, 3.05) is 0 Å². The van der Waals surface area contributed by atoms with Gasteiger partial charge in [0.15, 0.2) is 0 Å². The first-order valence-electron chi connectivity index (χ1n) is 8.15. The van der Waals surface area contributed by atoms with Gasteiger partial charge in [0, 0.05) is 10.5 Å². The van der Waals surface area contributed by atoms with Gasteiger partial charge < -0.3 is 4.74 Å². The molecule has 0 spiro atoms. The van der Waals surface area contributed by atoms with Crippen LogP contribution in [0, 0.1) is 5.82 Å². The molecule has 0 atom stereocenters. The Balaban J connectivity index is 2.00. The van der Waals surface area contributed by atoms with E-state index in [1.54, 1.807) is 0 Å². The number of nitrogens with zero attached hydrogens (tertiary/aromatic N) is 2. The third kappa shape index (κ3) is 2.76. The van der Waals surface area contributed by atoms with Crippen LogP contribution in [-0.4, -0.2) is 14.7 Å². The molecule has 0 bridgehead atoms. The third-order valence-corrected chi connectivity index (χ3v) is 4.95. The SMILES string of the molecule is CC1(C)Cn2c(=O)n(Cc3ccc(Br)cc3)c(=O)c3cc(F)cc(c32)O1. The van der Waals surface area contributed by atoms with Gasteiger partial charge in [0.2, 0.25) is 0 Å². The quantitative estimate of drug-likeness (QED) is 0.641. The molecule has 0 saturated heterocycles. The van der Waals surface area contributed by atoms with E-state index in [4.69, 9.17) is 4.74 Å². The standard InChI is InChI=1S/C19H16BrFN2O3/c1-19(2)10-23-16-14(7-13(21)8-15(16)26-19)17(24)22(18(23)25)9-11-3-5-12(20)6-4-11/h3-8H,9-10H2,1-2H3. The Kier molecular flexibility index (Phi) is 3.80. The first-order valence-corrected chi connectivity index (χ1v) is 8.95. The molecule has 5 nitrogen and oxygen atoms in total. The summed E-state index contributed by atoms with van der Waals surface area (Å²) in [5.74, 6) is -0.344. The lowest BCUT2D eigenvalue weighted by Gasteiger charge is -2.33. The molecule has 134 valence electrons. The molecule has 3 aromatic rings. The lowest BCUT2D eigenvalue weighted by molar-refractivity contribution is 0.0783. The molecule has 7 heteroatoms. The molecule has 0 amide bonds. The molecule has 0 unspecified atom stereocenters. The van der Waals surface area contributed by atoms with E-state index in [-0.39, 0.29) is 24.2 Å². The second-order valence-corrected chi connectivity index (χ2v) is 7.96. The average Bonchev–Trinajstić information content (AvgIpc) is 2.56. The van der Waals surface area contributed by atoms with E-state index in [1.165, 1.54) is 10.6 Å². The summed E-state index contributed by atoms with van der Waals surface area (Å²) in [4.78, 5) is 25.9. The molecule has 0 aliphatic carbocycles. The van der Waals surface area contributed by atoms with Gasteiger partial charge in [-0.2, -0.15) is 0 Å². The van der Waals surface area contributed by atoms with Crippen molar-refractivity contribution in [3.05, 3.63) is 73.1 Å². The number of rotatable bonds is 2. The normalized spacial score (nSPS) is 15.1. The summed E-state index contributed by atoms with van der Waals surface area (Å²) in [6.45, 7) is 4.04. The Morgan fingerprint density at radius 1 is 1.19 bits per heavy atom. The number of benzene rings is 2. The van der Waals surface area contributed by atoms with Crippen LogP contribution in [0.3, 0.4) is 0 Å². The van der Waals surface area contributed by atoms with E-state index in [0.717, 1.165) is 20.7 Å². The highest BCUT2D eigenvalue weighted by atomic mass is 79.9. The van der Waals surface area contributed by atoms with Gasteiger partial charge in [-0.05, 0) is 37.6 Å². The van der Waals surface area contributed by atoms with Gasteiger partial charge in [-0.25, -0.2) is 9.18 Å². The molecule has 0 saturated carbocycles. The monoisotopic (exact) mass is 418 g/mol. The van der Waals surface area contributed by atoms with Gasteiger partial charge in [-0.3, -0.25) is 13.9 Å². The van der Waals surface area contributed by atoms with E-state index in [2.05, 4.69) is 15.9 Å². The van der Waals surface area contributed by atoms with Crippen LogP contribution in [0.25, 0.3) is 10.9 Å². The van der Waals surface area contributed by atoms with Crippen LogP contribution in [0.4, 0.5) is 4.39 Å². The maximum Gasteiger partial charge on any atom is 0.332 e. The highest BCUT2D eigenvalue weighted by Gasteiger charge is 2.31. The van der Waals surface area contributed by atoms with Crippen molar-refractivity contribution >= 4 is 26.8 Å². The second-order valence-electron chi connectivity index (χ2n) is 7.05. The fraction of sp³-hybridized carbons (Fsp3) is 0.263. The Morgan fingerprint density at radius 2 is 1.88 bits per heavy atom. The largest absolute Gasteiger partial charge is 0.484 e. The van der Waals surface area contributed by atoms with E-state index < -0.39 is 22.7 Å². The summed E-state index contributed by atoms with van der Waals surface area (Å²) >= 11 is 3.36. The summed E-state index contributed by atoms with van der Waals surface area (Å²) in [5, 5.41) is 0.146. The predicted molar refractivity (Wildman–Crippen MR) is 100 cm³/mol. The van der Waals surface area contributed by atoms with Crippen LogP contribution >= 0.6 is 15.9 Å². The summed E-state index contributed by atoms with van der Waals surface area (Å²) in [5.41, 5.74) is -0.463.